The van der Waals surface area contributed by atoms with E-state index in [2.05, 4.69) is 4.74 Å². The minimum Gasteiger partial charge on any atom is -0.491 e. The van der Waals surface area contributed by atoms with Crippen LogP contribution in [-0.4, -0.2) is 13.0 Å². The van der Waals surface area contributed by atoms with Crippen LogP contribution in [0.5, 0.6) is 11.5 Å². The van der Waals surface area contributed by atoms with Gasteiger partial charge in [-0.05, 0) is 36.8 Å². The van der Waals surface area contributed by atoms with Gasteiger partial charge in [-0.3, -0.25) is 0 Å². The van der Waals surface area contributed by atoms with Crippen LogP contribution < -0.4 is 9.47 Å². The van der Waals surface area contributed by atoms with E-state index in [0.29, 0.717) is 12.1 Å². The van der Waals surface area contributed by atoms with Crippen molar-refractivity contribution in [3.8, 4) is 22.6 Å². The van der Waals surface area contributed by atoms with Crippen molar-refractivity contribution >= 4 is 0 Å². The van der Waals surface area contributed by atoms with Crippen molar-refractivity contribution in [1.82, 2.24) is 0 Å². The fourth-order valence-corrected chi connectivity index (χ4v) is 1.90. The average Bonchev–Trinajstić information content (AvgIpc) is 2.45. The first-order valence-corrected chi connectivity index (χ1v) is 6.39. The molecule has 0 radical (unpaired) electrons. The van der Waals surface area contributed by atoms with Gasteiger partial charge in [0.25, 0.3) is 0 Å². The normalized spacial score (nSPS) is 11.4. The van der Waals surface area contributed by atoms with E-state index in [1.165, 1.54) is 0 Å². The lowest BCUT2D eigenvalue weighted by Crippen LogP contribution is -2.17. The van der Waals surface area contributed by atoms with E-state index in [9.17, 15) is 26.3 Å². The molecule has 0 N–H and O–H groups in total. The first kappa shape index (κ1) is 17.0. The first-order chi connectivity index (χ1) is 10.7. The monoisotopic (exact) mass is 336 g/mol. The Labute approximate surface area is 127 Å². The summed E-state index contributed by atoms with van der Waals surface area (Å²) in [5.74, 6) is -5.28. The SMILES string of the molecule is CCOc1ccc(-c2ccc(OC(F)(F)F)c(F)c2)c(F)c1F. The second-order valence-corrected chi connectivity index (χ2v) is 4.37. The number of halogens is 6. The summed E-state index contributed by atoms with van der Waals surface area (Å²) in [5, 5.41) is 0. The third-order valence-electron chi connectivity index (χ3n) is 2.82. The molecule has 2 nitrogen and oxygen atoms in total. The van der Waals surface area contributed by atoms with Gasteiger partial charge in [0.1, 0.15) is 0 Å². The highest BCUT2D eigenvalue weighted by Crippen LogP contribution is 2.33. The van der Waals surface area contributed by atoms with Crippen molar-refractivity contribution in [2.24, 2.45) is 0 Å². The molecule has 2 aromatic rings. The van der Waals surface area contributed by atoms with Crippen LogP contribution in [0.1, 0.15) is 6.92 Å². The molecule has 0 atom stereocenters. The van der Waals surface area contributed by atoms with Gasteiger partial charge in [0.15, 0.2) is 23.1 Å². The van der Waals surface area contributed by atoms with Gasteiger partial charge < -0.3 is 9.47 Å². The van der Waals surface area contributed by atoms with E-state index in [-0.39, 0.29) is 23.5 Å². The molecule has 8 heteroatoms. The molecule has 0 bridgehead atoms. The molecule has 23 heavy (non-hydrogen) atoms. The van der Waals surface area contributed by atoms with Crippen LogP contribution in [0.4, 0.5) is 26.3 Å². The third kappa shape index (κ3) is 3.88. The van der Waals surface area contributed by atoms with Crippen molar-refractivity contribution in [2.75, 3.05) is 6.61 Å². The van der Waals surface area contributed by atoms with Gasteiger partial charge >= 0.3 is 6.36 Å². The van der Waals surface area contributed by atoms with Crippen LogP contribution >= 0.6 is 0 Å². The molecule has 2 rings (SSSR count). The highest BCUT2D eigenvalue weighted by molar-refractivity contribution is 5.66. The van der Waals surface area contributed by atoms with Crippen LogP contribution in [0.25, 0.3) is 11.1 Å². The Morgan fingerprint density at radius 3 is 2.13 bits per heavy atom. The molecule has 124 valence electrons. The van der Waals surface area contributed by atoms with Gasteiger partial charge in [-0.25, -0.2) is 8.78 Å². The molecule has 0 spiro atoms. The zero-order chi connectivity index (χ0) is 17.2. The smallest absolute Gasteiger partial charge is 0.491 e. The predicted molar refractivity (Wildman–Crippen MR) is 69.6 cm³/mol. The fourth-order valence-electron chi connectivity index (χ4n) is 1.90. The zero-order valence-corrected chi connectivity index (χ0v) is 11.7. The van der Waals surface area contributed by atoms with E-state index in [1.807, 2.05) is 0 Å². The molecule has 0 saturated heterocycles. The fraction of sp³-hybridized carbons (Fsp3) is 0.200. The van der Waals surface area contributed by atoms with Crippen molar-refractivity contribution in [3.05, 3.63) is 47.8 Å². The van der Waals surface area contributed by atoms with Crippen LogP contribution in [-0.2, 0) is 0 Å². The second kappa shape index (κ2) is 6.39. The summed E-state index contributed by atoms with van der Waals surface area (Å²) in [4.78, 5) is 0. The Morgan fingerprint density at radius 2 is 1.57 bits per heavy atom. The summed E-state index contributed by atoms with van der Waals surface area (Å²) < 4.78 is 85.9. The highest BCUT2D eigenvalue weighted by atomic mass is 19.4. The molecule has 0 unspecified atom stereocenters. The summed E-state index contributed by atoms with van der Waals surface area (Å²) >= 11 is 0. The number of hydrogen-bond donors (Lipinski definition) is 0. The number of benzene rings is 2. The topological polar surface area (TPSA) is 18.5 Å². The zero-order valence-electron chi connectivity index (χ0n) is 11.7. The molecule has 0 amide bonds. The lowest BCUT2D eigenvalue weighted by molar-refractivity contribution is -0.275. The molecule has 0 fully saturated rings. The summed E-state index contributed by atoms with van der Waals surface area (Å²) in [7, 11) is 0. The molecule has 2 aromatic carbocycles. The minimum absolute atomic E-state index is 0.119. The van der Waals surface area contributed by atoms with E-state index >= 15 is 0 Å². The molecular weight excluding hydrogens is 326 g/mol. The van der Waals surface area contributed by atoms with Gasteiger partial charge in [-0.1, -0.05) is 6.07 Å². The van der Waals surface area contributed by atoms with Gasteiger partial charge in [0.05, 0.1) is 6.61 Å². The standard InChI is InChI=1S/C15H10F6O2/c1-2-22-12-6-4-9(13(17)14(12)18)8-3-5-11(10(16)7-8)23-15(19,20)21/h3-7H,2H2,1H3. The lowest BCUT2D eigenvalue weighted by atomic mass is 10.0. The minimum atomic E-state index is -5.06. The Hall–Kier alpha value is -2.38. The van der Waals surface area contributed by atoms with E-state index in [4.69, 9.17) is 4.74 Å². The predicted octanol–water partition coefficient (Wildman–Crippen LogP) is 5.07. The Kier molecular flexibility index (Phi) is 4.72. The van der Waals surface area contributed by atoms with Crippen molar-refractivity contribution in [2.45, 2.75) is 13.3 Å². The lowest BCUT2D eigenvalue weighted by Gasteiger charge is -2.12. The second-order valence-electron chi connectivity index (χ2n) is 4.37. The number of hydrogen-bond acceptors (Lipinski definition) is 2. The largest absolute Gasteiger partial charge is 0.573 e. The van der Waals surface area contributed by atoms with Gasteiger partial charge in [0, 0.05) is 5.56 Å². The van der Waals surface area contributed by atoms with Crippen molar-refractivity contribution < 1.29 is 35.8 Å². The Bertz CT molecular complexity index is 712. The summed E-state index contributed by atoms with van der Waals surface area (Å²) in [6.45, 7) is 1.70. The molecule has 0 heterocycles. The van der Waals surface area contributed by atoms with Crippen LogP contribution in [0.15, 0.2) is 30.3 Å². The van der Waals surface area contributed by atoms with E-state index in [0.717, 1.165) is 18.2 Å². The quantitative estimate of drug-likeness (QED) is 0.726. The van der Waals surface area contributed by atoms with Crippen molar-refractivity contribution in [3.63, 3.8) is 0 Å². The number of alkyl halides is 3. The maximum absolute atomic E-state index is 14.0. The van der Waals surface area contributed by atoms with Crippen LogP contribution in [0.2, 0.25) is 0 Å². The maximum atomic E-state index is 14.0. The van der Waals surface area contributed by atoms with Crippen LogP contribution in [0, 0.1) is 17.5 Å². The molecule has 0 saturated carbocycles. The number of ether oxygens (including phenoxy) is 2. The van der Waals surface area contributed by atoms with Gasteiger partial charge in [0.2, 0.25) is 5.82 Å². The van der Waals surface area contributed by atoms with E-state index in [1.54, 1.807) is 6.92 Å². The average molecular weight is 336 g/mol. The number of rotatable bonds is 4. The summed E-state index contributed by atoms with van der Waals surface area (Å²) in [6, 6.07) is 4.59. The highest BCUT2D eigenvalue weighted by Gasteiger charge is 2.32. The Morgan fingerprint density at radius 1 is 0.913 bits per heavy atom. The summed E-state index contributed by atoms with van der Waals surface area (Å²) in [6.07, 6.45) is -5.06. The third-order valence-corrected chi connectivity index (χ3v) is 2.82. The molecular formula is C15H10F6O2. The van der Waals surface area contributed by atoms with Gasteiger partial charge in [-0.2, -0.15) is 4.39 Å². The van der Waals surface area contributed by atoms with Crippen LogP contribution in [0.3, 0.4) is 0 Å². The Balaban J connectivity index is 2.40. The van der Waals surface area contributed by atoms with Crippen molar-refractivity contribution in [1.29, 1.82) is 0 Å². The van der Waals surface area contributed by atoms with E-state index < -0.39 is 29.6 Å². The first-order valence-electron chi connectivity index (χ1n) is 6.39. The molecule has 0 aromatic heterocycles. The van der Waals surface area contributed by atoms with Gasteiger partial charge in [-0.15, -0.1) is 13.2 Å². The summed E-state index contributed by atoms with van der Waals surface area (Å²) in [5.41, 5.74) is -0.458. The molecule has 0 aliphatic heterocycles. The maximum Gasteiger partial charge on any atom is 0.573 e. The molecule has 0 aliphatic carbocycles. The molecule has 0 aliphatic rings.